The highest BCUT2D eigenvalue weighted by molar-refractivity contribution is 5.82. The summed E-state index contributed by atoms with van der Waals surface area (Å²) in [6.07, 6.45) is -5.78. The number of carbonyl (C=O) groups is 1. The SMILES string of the molecule is C=C1C[C@](OC)([C@H](O)C(=O)N[C@@H](OC)[C@@H]2C[C@@H](O)C(C)(C)[C@@H](C[C@H](O)CO)O2)O[C@H](C)[C@@H]1C. The van der Waals surface area contributed by atoms with E-state index in [1.54, 1.807) is 0 Å². The summed E-state index contributed by atoms with van der Waals surface area (Å²) in [5.74, 6) is -2.33. The van der Waals surface area contributed by atoms with Gasteiger partial charge in [0.2, 0.25) is 5.79 Å². The fraction of sp³-hybridized carbons (Fsp3) is 0.870. The number of carbonyl (C=O) groups excluding carboxylic acids is 1. The van der Waals surface area contributed by atoms with Gasteiger partial charge in [-0.15, -0.1) is 0 Å². The van der Waals surface area contributed by atoms with Crippen LogP contribution in [0.4, 0.5) is 0 Å². The highest BCUT2D eigenvalue weighted by atomic mass is 16.7. The van der Waals surface area contributed by atoms with Gasteiger partial charge < -0.3 is 44.7 Å². The molecule has 0 aromatic carbocycles. The number of rotatable bonds is 9. The Bertz CT molecular complexity index is 687. The molecule has 2 aliphatic heterocycles. The molecule has 2 rings (SSSR count). The highest BCUT2D eigenvalue weighted by Crippen LogP contribution is 2.40. The minimum absolute atomic E-state index is 0.0435. The first-order valence-corrected chi connectivity index (χ1v) is 11.4. The Morgan fingerprint density at radius 1 is 1.30 bits per heavy atom. The first-order chi connectivity index (χ1) is 15.3. The lowest BCUT2D eigenvalue weighted by Gasteiger charge is -2.48. The van der Waals surface area contributed by atoms with Crippen LogP contribution in [0.3, 0.4) is 0 Å². The van der Waals surface area contributed by atoms with Crippen LogP contribution >= 0.6 is 0 Å². The lowest BCUT2D eigenvalue weighted by Crippen LogP contribution is -2.62. The molecule has 0 aromatic heterocycles. The lowest BCUT2D eigenvalue weighted by molar-refractivity contribution is -0.298. The van der Waals surface area contributed by atoms with Crippen molar-refractivity contribution in [1.29, 1.82) is 0 Å². The maximum atomic E-state index is 13.0. The lowest BCUT2D eigenvalue weighted by atomic mass is 9.74. The Hall–Kier alpha value is -1.11. The first kappa shape index (κ1) is 28.1. The standard InChI is InChI=1S/C23H41NO9/c1-12-10-23(31-7,33-14(3)13(12)2)19(28)20(29)24-21(30-6)16-9-17(27)22(4,5)18(32-16)8-15(26)11-25/h13-19,21,25-28H,1,8-11H2,2-7H3,(H,24,29)/t13-,14-,15+,16+,17-,18-,19-,21+,23-/m1/s1. The first-order valence-electron chi connectivity index (χ1n) is 11.4. The molecule has 10 heteroatoms. The Morgan fingerprint density at radius 2 is 1.94 bits per heavy atom. The second kappa shape index (κ2) is 11.1. The van der Waals surface area contributed by atoms with E-state index in [4.69, 9.17) is 18.9 Å². The molecule has 9 atom stereocenters. The van der Waals surface area contributed by atoms with Crippen molar-refractivity contribution in [2.24, 2.45) is 11.3 Å². The summed E-state index contributed by atoms with van der Waals surface area (Å²) >= 11 is 0. The molecule has 5 N–H and O–H groups in total. The third-order valence-corrected chi connectivity index (χ3v) is 7.27. The molecule has 0 radical (unpaired) electrons. The van der Waals surface area contributed by atoms with Crippen LogP contribution < -0.4 is 5.32 Å². The van der Waals surface area contributed by atoms with Crippen LogP contribution in [0.1, 0.15) is 47.0 Å². The maximum absolute atomic E-state index is 13.0. The Morgan fingerprint density at radius 3 is 2.45 bits per heavy atom. The van der Waals surface area contributed by atoms with Crippen molar-refractivity contribution >= 4 is 5.91 Å². The van der Waals surface area contributed by atoms with Gasteiger partial charge in [-0.3, -0.25) is 4.79 Å². The molecule has 2 heterocycles. The van der Waals surface area contributed by atoms with Crippen LogP contribution in [-0.4, -0.2) is 95.8 Å². The van der Waals surface area contributed by atoms with E-state index in [1.807, 2.05) is 27.7 Å². The van der Waals surface area contributed by atoms with Crippen molar-refractivity contribution in [3.63, 3.8) is 0 Å². The fourth-order valence-corrected chi connectivity index (χ4v) is 4.44. The zero-order chi connectivity index (χ0) is 25.1. The van der Waals surface area contributed by atoms with E-state index in [0.29, 0.717) is 0 Å². The summed E-state index contributed by atoms with van der Waals surface area (Å²) in [5.41, 5.74) is 0.106. The van der Waals surface area contributed by atoms with Crippen LogP contribution in [0.2, 0.25) is 0 Å². The van der Waals surface area contributed by atoms with Gasteiger partial charge in [0, 0.05) is 44.8 Å². The van der Waals surface area contributed by atoms with Crippen molar-refractivity contribution in [2.75, 3.05) is 20.8 Å². The van der Waals surface area contributed by atoms with Gasteiger partial charge in [-0.25, -0.2) is 0 Å². The minimum Gasteiger partial charge on any atom is -0.394 e. The third-order valence-electron chi connectivity index (χ3n) is 7.27. The summed E-state index contributed by atoms with van der Waals surface area (Å²) in [5, 5.41) is 43.4. The average molecular weight is 476 g/mol. The minimum atomic E-state index is -1.68. The van der Waals surface area contributed by atoms with Gasteiger partial charge in [-0.05, 0) is 6.92 Å². The van der Waals surface area contributed by atoms with Crippen molar-refractivity contribution in [1.82, 2.24) is 5.32 Å². The fourth-order valence-electron chi connectivity index (χ4n) is 4.44. The number of aliphatic hydroxyl groups is 4. The van der Waals surface area contributed by atoms with Gasteiger partial charge in [-0.1, -0.05) is 32.9 Å². The normalized spacial score (nSPS) is 37.3. The van der Waals surface area contributed by atoms with E-state index in [1.165, 1.54) is 14.2 Å². The number of hydrogen-bond acceptors (Lipinski definition) is 9. The van der Waals surface area contributed by atoms with Crippen LogP contribution in [0.15, 0.2) is 12.2 Å². The number of methoxy groups -OCH3 is 2. The molecule has 0 unspecified atom stereocenters. The van der Waals surface area contributed by atoms with Gasteiger partial charge in [-0.2, -0.15) is 0 Å². The zero-order valence-electron chi connectivity index (χ0n) is 20.5. The van der Waals surface area contributed by atoms with Gasteiger partial charge in [0.25, 0.3) is 5.91 Å². The maximum Gasteiger partial charge on any atom is 0.256 e. The quantitative estimate of drug-likeness (QED) is 0.231. The van der Waals surface area contributed by atoms with Gasteiger partial charge >= 0.3 is 0 Å². The van der Waals surface area contributed by atoms with Crippen LogP contribution in [-0.2, 0) is 23.7 Å². The van der Waals surface area contributed by atoms with Gasteiger partial charge in [0.15, 0.2) is 12.3 Å². The van der Waals surface area contributed by atoms with Gasteiger partial charge in [0.05, 0.1) is 31.0 Å². The molecule has 0 bridgehead atoms. The van der Waals surface area contributed by atoms with Crippen LogP contribution in [0.5, 0.6) is 0 Å². The molecular weight excluding hydrogens is 434 g/mol. The van der Waals surface area contributed by atoms with Gasteiger partial charge in [0.1, 0.15) is 6.10 Å². The second-order valence-corrected chi connectivity index (χ2v) is 9.84. The summed E-state index contributed by atoms with van der Waals surface area (Å²) < 4.78 is 22.9. The topological polar surface area (TPSA) is 147 Å². The largest absolute Gasteiger partial charge is 0.394 e. The van der Waals surface area contributed by atoms with Crippen molar-refractivity contribution in [2.45, 2.75) is 95.6 Å². The molecule has 1 amide bonds. The smallest absolute Gasteiger partial charge is 0.256 e. The number of amides is 1. The number of ether oxygens (including phenoxy) is 4. The summed E-state index contributed by atoms with van der Waals surface area (Å²) in [6, 6.07) is 0. The highest BCUT2D eigenvalue weighted by Gasteiger charge is 2.51. The molecule has 0 aromatic rings. The third kappa shape index (κ3) is 5.94. The number of nitrogens with one attached hydrogen (secondary N) is 1. The Balaban J connectivity index is 2.15. The molecular formula is C23H41NO9. The van der Waals surface area contributed by atoms with Crippen LogP contribution in [0, 0.1) is 11.3 Å². The van der Waals surface area contributed by atoms with E-state index in [2.05, 4.69) is 11.9 Å². The summed E-state index contributed by atoms with van der Waals surface area (Å²) in [6.45, 7) is 11.0. The molecule has 0 saturated carbocycles. The van der Waals surface area contributed by atoms with E-state index in [-0.39, 0.29) is 31.3 Å². The predicted molar refractivity (Wildman–Crippen MR) is 119 cm³/mol. The Kier molecular flexibility index (Phi) is 9.45. The molecule has 192 valence electrons. The molecule has 10 nitrogen and oxygen atoms in total. The monoisotopic (exact) mass is 475 g/mol. The molecule has 0 aliphatic carbocycles. The summed E-state index contributed by atoms with van der Waals surface area (Å²) in [4.78, 5) is 13.0. The van der Waals surface area contributed by atoms with E-state index in [0.717, 1.165) is 5.57 Å². The van der Waals surface area contributed by atoms with Crippen LogP contribution in [0.25, 0.3) is 0 Å². The van der Waals surface area contributed by atoms with E-state index in [9.17, 15) is 25.2 Å². The summed E-state index contributed by atoms with van der Waals surface area (Å²) in [7, 11) is 2.74. The molecule has 2 fully saturated rings. The van der Waals surface area contributed by atoms with E-state index < -0.39 is 60.5 Å². The van der Waals surface area contributed by atoms with E-state index >= 15 is 0 Å². The second-order valence-electron chi connectivity index (χ2n) is 9.84. The number of aliphatic hydroxyl groups excluding tert-OH is 4. The van der Waals surface area contributed by atoms with Crippen molar-refractivity contribution < 1.29 is 44.2 Å². The molecule has 2 saturated heterocycles. The average Bonchev–Trinajstić information content (AvgIpc) is 2.77. The molecule has 33 heavy (non-hydrogen) atoms. The van der Waals surface area contributed by atoms with Crippen molar-refractivity contribution in [3.8, 4) is 0 Å². The van der Waals surface area contributed by atoms with Crippen molar-refractivity contribution in [3.05, 3.63) is 12.2 Å². The zero-order valence-corrected chi connectivity index (χ0v) is 20.5. The Labute approximate surface area is 195 Å². The number of hydrogen-bond donors (Lipinski definition) is 5. The molecule has 0 spiro atoms. The predicted octanol–water partition coefficient (Wildman–Crippen LogP) is 0.0677. The molecule has 2 aliphatic rings.